The number of hydrogen-bond donors (Lipinski definition) is 0. The number of benzene rings is 1. The minimum absolute atomic E-state index is 0.0168. The van der Waals surface area contributed by atoms with Crippen molar-refractivity contribution in [3.8, 4) is 0 Å². The van der Waals surface area contributed by atoms with Gasteiger partial charge < -0.3 is 0 Å². The molecule has 0 unspecified atom stereocenters. The number of piperidine rings is 1. The zero-order valence-corrected chi connectivity index (χ0v) is 16.6. The summed E-state index contributed by atoms with van der Waals surface area (Å²) in [5.74, 6) is -0.212. The lowest BCUT2D eigenvalue weighted by atomic mass is 10.0. The summed E-state index contributed by atoms with van der Waals surface area (Å²) in [7, 11) is -3.69. The molecule has 0 bridgehead atoms. The Morgan fingerprint density at radius 3 is 2.37 bits per heavy atom. The first-order valence-electron chi connectivity index (χ1n) is 9.04. The highest BCUT2D eigenvalue weighted by Crippen LogP contribution is 2.27. The van der Waals surface area contributed by atoms with Crippen molar-refractivity contribution in [1.82, 2.24) is 14.1 Å². The van der Waals surface area contributed by atoms with Crippen LogP contribution in [-0.4, -0.2) is 41.5 Å². The van der Waals surface area contributed by atoms with Gasteiger partial charge in [0, 0.05) is 13.1 Å². The fraction of sp³-hybridized carbons (Fsp3) is 0.474. The predicted molar refractivity (Wildman–Crippen MR) is 99.6 cm³/mol. The Kier molecular flexibility index (Phi) is 5.48. The maximum absolute atomic E-state index is 13.1. The predicted octanol–water partition coefficient (Wildman–Crippen LogP) is 2.94. The molecule has 1 aromatic carbocycles. The number of aryl methyl sites for hydroxylation is 1. The third-order valence-corrected chi connectivity index (χ3v) is 7.22. The molecule has 6 nitrogen and oxygen atoms in total. The number of nitrogens with zero attached hydrogens (tertiary/aromatic N) is 3. The van der Waals surface area contributed by atoms with Gasteiger partial charge in [-0.3, -0.25) is 4.79 Å². The summed E-state index contributed by atoms with van der Waals surface area (Å²) < 4.78 is 41.8. The largest absolute Gasteiger partial charge is 0.272 e. The topological polar surface area (TPSA) is 72.3 Å². The molecule has 1 saturated heterocycles. The minimum atomic E-state index is -3.69. The summed E-state index contributed by atoms with van der Waals surface area (Å²) in [6, 6.07) is 5.64. The molecule has 1 aromatic heterocycles. The summed E-state index contributed by atoms with van der Waals surface area (Å²) in [5, 5.41) is 4.19. The van der Waals surface area contributed by atoms with Crippen LogP contribution in [0.2, 0.25) is 0 Å². The Bertz CT molecular complexity index is 943. The van der Waals surface area contributed by atoms with E-state index in [0.29, 0.717) is 36.0 Å². The van der Waals surface area contributed by atoms with Crippen LogP contribution in [0.25, 0.3) is 0 Å². The zero-order valence-electron chi connectivity index (χ0n) is 15.8. The normalized spacial score (nSPS) is 16.6. The second-order valence-electron chi connectivity index (χ2n) is 7.20. The molecule has 0 saturated carbocycles. The van der Waals surface area contributed by atoms with Crippen molar-refractivity contribution in [3.63, 3.8) is 0 Å². The fourth-order valence-corrected chi connectivity index (χ4v) is 5.27. The molecule has 0 aliphatic carbocycles. The van der Waals surface area contributed by atoms with Gasteiger partial charge in [0.05, 0.1) is 17.8 Å². The van der Waals surface area contributed by atoms with Crippen molar-refractivity contribution in [1.29, 1.82) is 0 Å². The van der Waals surface area contributed by atoms with E-state index in [1.165, 1.54) is 28.6 Å². The van der Waals surface area contributed by atoms with Crippen molar-refractivity contribution in [3.05, 3.63) is 47.0 Å². The maximum Gasteiger partial charge on any atom is 0.251 e. The second kappa shape index (κ2) is 7.52. The van der Waals surface area contributed by atoms with Gasteiger partial charge in [-0.15, -0.1) is 0 Å². The van der Waals surface area contributed by atoms with E-state index in [9.17, 15) is 17.6 Å². The van der Waals surface area contributed by atoms with Crippen LogP contribution in [0.4, 0.5) is 4.39 Å². The molecule has 0 atom stereocenters. The quantitative estimate of drug-likeness (QED) is 0.801. The van der Waals surface area contributed by atoms with E-state index in [-0.39, 0.29) is 23.0 Å². The van der Waals surface area contributed by atoms with Gasteiger partial charge in [-0.2, -0.15) is 9.40 Å². The molecule has 2 heterocycles. The number of hydrogen-bond acceptors (Lipinski definition) is 4. The van der Waals surface area contributed by atoms with Crippen LogP contribution in [0.15, 0.2) is 29.2 Å². The molecule has 0 spiro atoms. The van der Waals surface area contributed by atoms with E-state index in [2.05, 4.69) is 12.0 Å². The summed E-state index contributed by atoms with van der Waals surface area (Å²) >= 11 is 0. The molecule has 0 amide bonds. The van der Waals surface area contributed by atoms with Gasteiger partial charge in [0.15, 0.2) is 0 Å². The van der Waals surface area contributed by atoms with E-state index in [0.717, 1.165) is 17.5 Å². The first kappa shape index (κ1) is 19.7. The first-order valence-corrected chi connectivity index (χ1v) is 10.5. The van der Waals surface area contributed by atoms with E-state index in [1.54, 1.807) is 13.8 Å². The number of carbonyl (C=O) groups is 1. The van der Waals surface area contributed by atoms with Crippen LogP contribution in [0.1, 0.15) is 41.5 Å². The van der Waals surface area contributed by atoms with Crippen molar-refractivity contribution in [2.75, 3.05) is 13.1 Å². The summed E-state index contributed by atoms with van der Waals surface area (Å²) in [4.78, 5) is 12.7. The summed E-state index contributed by atoms with van der Waals surface area (Å²) in [5.41, 5.74) is 1.28. The Morgan fingerprint density at radius 1 is 1.19 bits per heavy atom. The molecular formula is C19H24FN3O3S. The molecular weight excluding hydrogens is 369 g/mol. The van der Waals surface area contributed by atoms with Crippen LogP contribution in [0, 0.1) is 25.6 Å². The Hall–Kier alpha value is -2.06. The zero-order chi connectivity index (χ0) is 19.8. The van der Waals surface area contributed by atoms with Gasteiger partial charge in [0.1, 0.15) is 10.7 Å². The smallest absolute Gasteiger partial charge is 0.251 e. The first-order chi connectivity index (χ1) is 12.7. The lowest BCUT2D eigenvalue weighted by Gasteiger charge is -2.29. The van der Waals surface area contributed by atoms with Crippen LogP contribution in [0.3, 0.4) is 0 Å². The third-order valence-electron chi connectivity index (χ3n) is 5.07. The standard InChI is InChI=1S/C19H24FN3O3S/c1-13-8-10-22(11-9-13)27(25,26)19-14(2)21-23(15(19)3)18(24)12-16-4-6-17(20)7-5-16/h4-7,13H,8-12H2,1-3H3. The average Bonchev–Trinajstić information content (AvgIpc) is 2.92. The summed E-state index contributed by atoms with van der Waals surface area (Å²) in [6.45, 7) is 6.29. The average molecular weight is 393 g/mol. The summed E-state index contributed by atoms with van der Waals surface area (Å²) in [6.07, 6.45) is 1.67. The monoisotopic (exact) mass is 393 g/mol. The molecule has 2 aromatic rings. The molecule has 27 heavy (non-hydrogen) atoms. The lowest BCUT2D eigenvalue weighted by molar-refractivity contribution is 0.0895. The van der Waals surface area contributed by atoms with Gasteiger partial charge in [-0.25, -0.2) is 17.5 Å². The molecule has 1 aliphatic heterocycles. The fourth-order valence-electron chi connectivity index (χ4n) is 3.45. The Labute approximate surface area is 159 Å². The van der Waals surface area contributed by atoms with Crippen molar-refractivity contribution in [2.24, 2.45) is 5.92 Å². The molecule has 146 valence electrons. The van der Waals surface area contributed by atoms with Gasteiger partial charge in [-0.05, 0) is 50.3 Å². The van der Waals surface area contributed by atoms with E-state index in [4.69, 9.17) is 0 Å². The third kappa shape index (κ3) is 3.96. The van der Waals surface area contributed by atoms with Crippen molar-refractivity contribution < 1.29 is 17.6 Å². The van der Waals surface area contributed by atoms with Gasteiger partial charge in [0.2, 0.25) is 10.0 Å². The maximum atomic E-state index is 13.1. The Balaban J connectivity index is 1.87. The highest BCUT2D eigenvalue weighted by atomic mass is 32.2. The van der Waals surface area contributed by atoms with Crippen LogP contribution >= 0.6 is 0 Å². The van der Waals surface area contributed by atoms with Crippen LogP contribution in [0.5, 0.6) is 0 Å². The number of halogens is 1. The van der Waals surface area contributed by atoms with Gasteiger partial charge in [0.25, 0.3) is 5.91 Å². The van der Waals surface area contributed by atoms with Crippen molar-refractivity contribution >= 4 is 15.9 Å². The Morgan fingerprint density at radius 2 is 1.78 bits per heavy atom. The highest BCUT2D eigenvalue weighted by Gasteiger charge is 2.33. The van der Waals surface area contributed by atoms with Crippen LogP contribution < -0.4 is 0 Å². The molecule has 0 radical (unpaired) electrons. The molecule has 8 heteroatoms. The van der Waals surface area contributed by atoms with E-state index < -0.39 is 10.0 Å². The molecule has 3 rings (SSSR count). The van der Waals surface area contributed by atoms with Gasteiger partial charge >= 0.3 is 0 Å². The van der Waals surface area contributed by atoms with Gasteiger partial charge in [-0.1, -0.05) is 19.1 Å². The van der Waals surface area contributed by atoms with E-state index >= 15 is 0 Å². The molecule has 1 aliphatic rings. The molecule has 1 fully saturated rings. The molecule has 0 N–H and O–H groups in total. The number of sulfonamides is 1. The second-order valence-corrected chi connectivity index (χ2v) is 9.07. The SMILES string of the molecule is Cc1nn(C(=O)Cc2ccc(F)cc2)c(C)c1S(=O)(=O)N1CCC(C)CC1. The van der Waals surface area contributed by atoms with E-state index in [1.807, 2.05) is 0 Å². The number of aromatic nitrogens is 2. The van der Waals surface area contributed by atoms with Crippen molar-refractivity contribution in [2.45, 2.75) is 44.9 Å². The highest BCUT2D eigenvalue weighted by molar-refractivity contribution is 7.89. The number of carbonyl (C=O) groups excluding carboxylic acids is 1. The van der Waals surface area contributed by atoms with Crippen LogP contribution in [-0.2, 0) is 16.4 Å². The lowest BCUT2D eigenvalue weighted by Crippen LogP contribution is -2.38. The number of rotatable bonds is 4. The minimum Gasteiger partial charge on any atom is -0.272 e.